The predicted octanol–water partition coefficient (Wildman–Crippen LogP) is 2.87. The summed E-state index contributed by atoms with van der Waals surface area (Å²) in [4.78, 5) is 3.82. The molecule has 0 aliphatic carbocycles. The van der Waals surface area contributed by atoms with Gasteiger partial charge in [0.05, 0.1) is 6.20 Å². The highest BCUT2D eigenvalue weighted by Crippen LogP contribution is 2.13. The number of nitrogens with zero attached hydrogens (tertiary/aromatic N) is 1. The Balaban J connectivity index is 2.53. The minimum absolute atomic E-state index is 0.283. The number of ether oxygens (including phenoxy) is 1. The summed E-state index contributed by atoms with van der Waals surface area (Å²) in [7, 11) is 0. The molecule has 0 atom stereocenters. The summed E-state index contributed by atoms with van der Waals surface area (Å²) in [6.07, 6.45) is 1.53. The van der Waals surface area contributed by atoms with Crippen molar-refractivity contribution in [3.8, 4) is 5.75 Å². The fraction of sp³-hybridized carbons (Fsp3) is 0.125. The van der Waals surface area contributed by atoms with Crippen molar-refractivity contribution in [2.75, 3.05) is 6.61 Å². The zero-order valence-electron chi connectivity index (χ0n) is 6.26. The zero-order valence-corrected chi connectivity index (χ0v) is 7.77. The van der Waals surface area contributed by atoms with E-state index in [4.69, 9.17) is 27.9 Å². The quantitative estimate of drug-likeness (QED) is 0.706. The SMILES string of the molecule is C=C(Cl)COc1ccc(Cl)nc1. The molecular weight excluding hydrogens is 197 g/mol. The molecule has 0 fully saturated rings. The molecule has 0 saturated carbocycles. The lowest BCUT2D eigenvalue weighted by Gasteiger charge is -2.02. The van der Waals surface area contributed by atoms with Crippen molar-refractivity contribution in [1.29, 1.82) is 0 Å². The Morgan fingerprint density at radius 3 is 2.83 bits per heavy atom. The van der Waals surface area contributed by atoms with Gasteiger partial charge in [-0.1, -0.05) is 29.8 Å². The van der Waals surface area contributed by atoms with E-state index < -0.39 is 0 Å². The second kappa shape index (κ2) is 4.33. The molecule has 1 aromatic rings. The molecular formula is C8H7Cl2NO. The van der Waals surface area contributed by atoms with Crippen molar-refractivity contribution < 1.29 is 4.74 Å². The Morgan fingerprint density at radius 1 is 1.58 bits per heavy atom. The van der Waals surface area contributed by atoms with E-state index in [9.17, 15) is 0 Å². The summed E-state index contributed by atoms with van der Waals surface area (Å²) in [6.45, 7) is 3.76. The molecule has 1 aromatic heterocycles. The average molecular weight is 204 g/mol. The number of hydrogen-bond acceptors (Lipinski definition) is 2. The number of rotatable bonds is 3. The van der Waals surface area contributed by atoms with Gasteiger partial charge in [-0.3, -0.25) is 0 Å². The van der Waals surface area contributed by atoms with Crippen LogP contribution in [-0.4, -0.2) is 11.6 Å². The van der Waals surface area contributed by atoms with Gasteiger partial charge in [0.2, 0.25) is 0 Å². The topological polar surface area (TPSA) is 22.1 Å². The molecule has 0 unspecified atom stereocenters. The molecule has 0 aromatic carbocycles. The third-order valence-corrected chi connectivity index (χ3v) is 1.43. The first-order valence-electron chi connectivity index (χ1n) is 3.26. The summed E-state index contributed by atoms with van der Waals surface area (Å²) in [5.41, 5.74) is 0. The van der Waals surface area contributed by atoms with Crippen molar-refractivity contribution in [3.05, 3.63) is 35.1 Å². The summed E-state index contributed by atoms with van der Waals surface area (Å²) in [5, 5.41) is 0.886. The Labute approximate surface area is 80.8 Å². The number of pyridine rings is 1. The highest BCUT2D eigenvalue weighted by atomic mass is 35.5. The van der Waals surface area contributed by atoms with Gasteiger partial charge in [-0.15, -0.1) is 0 Å². The largest absolute Gasteiger partial charge is 0.486 e. The maximum absolute atomic E-state index is 5.56. The average Bonchev–Trinajstić information content (AvgIpc) is 2.03. The summed E-state index contributed by atoms with van der Waals surface area (Å²) in [6, 6.07) is 3.36. The van der Waals surface area contributed by atoms with Crippen LogP contribution < -0.4 is 4.74 Å². The first kappa shape index (κ1) is 9.36. The van der Waals surface area contributed by atoms with E-state index in [0.717, 1.165) is 0 Å². The third kappa shape index (κ3) is 3.11. The van der Waals surface area contributed by atoms with Gasteiger partial charge in [0.1, 0.15) is 17.5 Å². The molecule has 12 heavy (non-hydrogen) atoms. The maximum Gasteiger partial charge on any atom is 0.138 e. The number of hydrogen-bond donors (Lipinski definition) is 0. The second-order valence-electron chi connectivity index (χ2n) is 2.12. The molecule has 0 amide bonds. The fourth-order valence-electron chi connectivity index (χ4n) is 0.609. The summed E-state index contributed by atoms with van der Waals surface area (Å²) in [5.74, 6) is 0.626. The van der Waals surface area contributed by atoms with E-state index in [-0.39, 0.29) is 6.61 Å². The molecule has 0 bridgehead atoms. The van der Waals surface area contributed by atoms with Crippen molar-refractivity contribution in [2.45, 2.75) is 0 Å². The lowest BCUT2D eigenvalue weighted by Crippen LogP contribution is -1.96. The summed E-state index contributed by atoms with van der Waals surface area (Å²) >= 11 is 11.1. The van der Waals surface area contributed by atoms with Crippen LogP contribution in [0.2, 0.25) is 5.15 Å². The standard InChI is InChI=1S/C8H7Cl2NO/c1-6(9)5-12-7-2-3-8(10)11-4-7/h2-4H,1,5H2. The number of halogens is 2. The molecule has 1 heterocycles. The molecule has 0 N–H and O–H groups in total. The third-order valence-electron chi connectivity index (χ3n) is 1.10. The highest BCUT2D eigenvalue weighted by Gasteiger charge is 1.94. The van der Waals surface area contributed by atoms with Crippen LogP contribution in [0, 0.1) is 0 Å². The van der Waals surface area contributed by atoms with Crippen LogP contribution in [0.4, 0.5) is 0 Å². The van der Waals surface area contributed by atoms with Gasteiger partial charge in [-0.05, 0) is 12.1 Å². The molecule has 4 heteroatoms. The van der Waals surface area contributed by atoms with E-state index in [0.29, 0.717) is 15.9 Å². The van der Waals surface area contributed by atoms with Crippen LogP contribution >= 0.6 is 23.2 Å². The van der Waals surface area contributed by atoms with Crippen LogP contribution in [0.25, 0.3) is 0 Å². The van der Waals surface area contributed by atoms with Crippen molar-refractivity contribution in [1.82, 2.24) is 4.98 Å². The van der Waals surface area contributed by atoms with Crippen LogP contribution in [0.15, 0.2) is 29.9 Å². The summed E-state index contributed by atoms with van der Waals surface area (Å²) < 4.78 is 5.17. The first-order chi connectivity index (χ1) is 5.68. The highest BCUT2D eigenvalue weighted by molar-refractivity contribution is 6.29. The van der Waals surface area contributed by atoms with E-state index in [2.05, 4.69) is 11.6 Å². The van der Waals surface area contributed by atoms with Gasteiger partial charge < -0.3 is 4.74 Å². The molecule has 1 rings (SSSR count). The normalized spacial score (nSPS) is 9.50. The van der Waals surface area contributed by atoms with Crippen LogP contribution in [0.3, 0.4) is 0 Å². The monoisotopic (exact) mass is 203 g/mol. The van der Waals surface area contributed by atoms with Crippen molar-refractivity contribution in [2.24, 2.45) is 0 Å². The van der Waals surface area contributed by atoms with Crippen LogP contribution in [0.5, 0.6) is 5.75 Å². The van der Waals surface area contributed by atoms with Crippen molar-refractivity contribution >= 4 is 23.2 Å². The smallest absolute Gasteiger partial charge is 0.138 e. The van der Waals surface area contributed by atoms with Gasteiger partial charge in [-0.2, -0.15) is 0 Å². The van der Waals surface area contributed by atoms with E-state index >= 15 is 0 Å². The molecule has 0 aliphatic rings. The maximum atomic E-state index is 5.56. The second-order valence-corrected chi connectivity index (χ2v) is 3.04. The molecule has 64 valence electrons. The Morgan fingerprint density at radius 2 is 2.33 bits per heavy atom. The molecule has 2 nitrogen and oxygen atoms in total. The van der Waals surface area contributed by atoms with Gasteiger partial charge in [0.15, 0.2) is 0 Å². The molecule has 0 aliphatic heterocycles. The Hall–Kier alpha value is -0.730. The van der Waals surface area contributed by atoms with E-state index in [1.54, 1.807) is 12.1 Å². The van der Waals surface area contributed by atoms with Gasteiger partial charge in [0, 0.05) is 5.03 Å². The van der Waals surface area contributed by atoms with Crippen LogP contribution in [0.1, 0.15) is 0 Å². The predicted molar refractivity (Wildman–Crippen MR) is 49.7 cm³/mol. The molecule has 0 saturated heterocycles. The molecule has 0 radical (unpaired) electrons. The fourth-order valence-corrected chi connectivity index (χ4v) is 0.776. The number of aromatic nitrogens is 1. The van der Waals surface area contributed by atoms with Gasteiger partial charge >= 0.3 is 0 Å². The van der Waals surface area contributed by atoms with Gasteiger partial charge in [-0.25, -0.2) is 4.98 Å². The van der Waals surface area contributed by atoms with Crippen molar-refractivity contribution in [3.63, 3.8) is 0 Å². The Bertz CT molecular complexity index is 271. The Kier molecular flexibility index (Phi) is 3.38. The van der Waals surface area contributed by atoms with E-state index in [1.807, 2.05) is 0 Å². The lowest BCUT2D eigenvalue weighted by atomic mass is 10.5. The van der Waals surface area contributed by atoms with Crippen LogP contribution in [-0.2, 0) is 0 Å². The minimum Gasteiger partial charge on any atom is -0.486 e. The van der Waals surface area contributed by atoms with E-state index in [1.165, 1.54) is 6.20 Å². The minimum atomic E-state index is 0.283. The zero-order chi connectivity index (χ0) is 8.97. The molecule has 0 spiro atoms. The first-order valence-corrected chi connectivity index (χ1v) is 4.01. The van der Waals surface area contributed by atoms with Gasteiger partial charge in [0.25, 0.3) is 0 Å². The lowest BCUT2D eigenvalue weighted by molar-refractivity contribution is 0.358.